The van der Waals surface area contributed by atoms with E-state index in [-0.39, 0.29) is 17.7 Å². The second-order valence-electron chi connectivity index (χ2n) is 10.1. The van der Waals surface area contributed by atoms with Crippen LogP contribution in [-0.2, 0) is 16.1 Å². The van der Waals surface area contributed by atoms with E-state index >= 15 is 0 Å². The zero-order valence-electron chi connectivity index (χ0n) is 23.9. The molecule has 0 amide bonds. The Morgan fingerprint density at radius 2 is 1.82 bits per heavy atom. The molecule has 5 aromatic rings. The molecular weight excluding hydrogens is 679 g/mol. The summed E-state index contributed by atoms with van der Waals surface area (Å²) in [4.78, 5) is 32.8. The van der Waals surface area contributed by atoms with Gasteiger partial charge in [-0.25, -0.2) is 14.2 Å². The van der Waals surface area contributed by atoms with Crippen LogP contribution in [0.4, 0.5) is 4.39 Å². The summed E-state index contributed by atoms with van der Waals surface area (Å²) in [5, 5.41) is 0.638. The first-order chi connectivity index (χ1) is 21.8. The number of nitrogens with zero attached hydrogens (tertiary/aromatic N) is 2. The third-order valence-corrected chi connectivity index (χ3v) is 8.93. The van der Waals surface area contributed by atoms with E-state index in [1.54, 1.807) is 25.1 Å². The van der Waals surface area contributed by atoms with Crippen LogP contribution in [0.25, 0.3) is 11.8 Å². The first-order valence-electron chi connectivity index (χ1n) is 14.0. The summed E-state index contributed by atoms with van der Waals surface area (Å²) < 4.78 is 28.1. The molecule has 4 aromatic carbocycles. The van der Waals surface area contributed by atoms with Gasteiger partial charge < -0.3 is 9.47 Å². The fourth-order valence-electron chi connectivity index (χ4n) is 5.06. The SMILES string of the molecule is CCOC(=O)C1=C(c2ccccc2)N=c2s/c(=C\c3ccc(OCc4cccc(Cl)c4)c(Br)c3)c(=O)n2[C@@H]1c1ccc(F)cc1. The molecule has 0 N–H and O–H groups in total. The second-order valence-corrected chi connectivity index (χ2v) is 12.4. The van der Waals surface area contributed by atoms with Gasteiger partial charge in [-0.05, 0) is 82.0 Å². The van der Waals surface area contributed by atoms with Gasteiger partial charge in [-0.15, -0.1) is 0 Å². The van der Waals surface area contributed by atoms with Gasteiger partial charge in [0.15, 0.2) is 4.80 Å². The lowest BCUT2D eigenvalue weighted by molar-refractivity contribution is -0.138. The van der Waals surface area contributed by atoms with Crippen LogP contribution < -0.4 is 19.6 Å². The predicted octanol–water partition coefficient (Wildman–Crippen LogP) is 7.07. The maximum atomic E-state index is 14.1. The molecule has 45 heavy (non-hydrogen) atoms. The third-order valence-electron chi connectivity index (χ3n) is 7.10. The number of benzene rings is 4. The molecule has 1 aromatic heterocycles. The van der Waals surface area contributed by atoms with Crippen LogP contribution in [0.2, 0.25) is 5.02 Å². The fraction of sp³-hybridized carbons (Fsp3) is 0.114. The van der Waals surface area contributed by atoms with Crippen LogP contribution in [0.1, 0.15) is 35.2 Å². The Morgan fingerprint density at radius 3 is 2.53 bits per heavy atom. The van der Waals surface area contributed by atoms with E-state index in [1.165, 1.54) is 28.0 Å². The average molecular weight is 704 g/mol. The summed E-state index contributed by atoms with van der Waals surface area (Å²) in [5.41, 5.74) is 3.22. The van der Waals surface area contributed by atoms with Crippen LogP contribution in [-0.4, -0.2) is 17.1 Å². The van der Waals surface area contributed by atoms with Crippen molar-refractivity contribution in [1.29, 1.82) is 0 Å². The quantitative estimate of drug-likeness (QED) is 0.162. The highest BCUT2D eigenvalue weighted by molar-refractivity contribution is 9.10. The molecule has 226 valence electrons. The van der Waals surface area contributed by atoms with Gasteiger partial charge in [0.2, 0.25) is 0 Å². The minimum absolute atomic E-state index is 0.138. The van der Waals surface area contributed by atoms with Crippen molar-refractivity contribution in [2.45, 2.75) is 19.6 Å². The maximum Gasteiger partial charge on any atom is 0.338 e. The number of hydrogen-bond donors (Lipinski definition) is 0. The lowest BCUT2D eigenvalue weighted by Gasteiger charge is -2.25. The van der Waals surface area contributed by atoms with Gasteiger partial charge in [0.25, 0.3) is 5.56 Å². The van der Waals surface area contributed by atoms with Crippen molar-refractivity contribution in [3.8, 4) is 5.75 Å². The maximum absolute atomic E-state index is 14.1. The highest BCUT2D eigenvalue weighted by atomic mass is 79.9. The van der Waals surface area contributed by atoms with Crippen LogP contribution in [0.15, 0.2) is 117 Å². The molecule has 2 heterocycles. The molecule has 0 saturated carbocycles. The zero-order valence-corrected chi connectivity index (χ0v) is 27.0. The monoisotopic (exact) mass is 702 g/mol. The van der Waals surface area contributed by atoms with Crippen molar-refractivity contribution in [1.82, 2.24) is 4.57 Å². The summed E-state index contributed by atoms with van der Waals surface area (Å²) >= 11 is 10.9. The number of halogens is 3. The zero-order chi connectivity index (χ0) is 31.5. The van der Waals surface area contributed by atoms with E-state index in [0.717, 1.165) is 11.1 Å². The molecule has 1 aliphatic heterocycles. The van der Waals surface area contributed by atoms with Gasteiger partial charge in [0.1, 0.15) is 18.2 Å². The van der Waals surface area contributed by atoms with Gasteiger partial charge in [0, 0.05) is 10.6 Å². The normalized spacial score (nSPS) is 14.6. The minimum Gasteiger partial charge on any atom is -0.488 e. The molecule has 0 fully saturated rings. The third kappa shape index (κ3) is 6.56. The summed E-state index contributed by atoms with van der Waals surface area (Å²) in [6, 6.07) is 27.2. The molecule has 0 bridgehead atoms. The number of rotatable bonds is 8. The summed E-state index contributed by atoms with van der Waals surface area (Å²) in [7, 11) is 0. The molecule has 1 aliphatic rings. The van der Waals surface area contributed by atoms with Crippen molar-refractivity contribution in [3.63, 3.8) is 0 Å². The summed E-state index contributed by atoms with van der Waals surface area (Å²) in [5.74, 6) is -0.390. The summed E-state index contributed by atoms with van der Waals surface area (Å²) in [6.45, 7) is 2.19. The van der Waals surface area contributed by atoms with Crippen molar-refractivity contribution >= 4 is 56.6 Å². The average Bonchev–Trinajstić information content (AvgIpc) is 3.35. The molecule has 6 nitrogen and oxygen atoms in total. The Morgan fingerprint density at radius 1 is 1.04 bits per heavy atom. The highest BCUT2D eigenvalue weighted by Gasteiger charge is 2.35. The van der Waals surface area contributed by atoms with Gasteiger partial charge >= 0.3 is 5.97 Å². The summed E-state index contributed by atoms with van der Waals surface area (Å²) in [6.07, 6.45) is 1.77. The lowest BCUT2D eigenvalue weighted by Crippen LogP contribution is -2.40. The standard InChI is InChI=1S/C35H25BrClFN2O4S/c1-2-43-34(42)30-31(23-8-4-3-5-9-23)39-35-40(32(30)24-12-14-26(38)15-13-24)33(41)29(45-35)19-21-11-16-28(27(36)18-21)44-20-22-7-6-10-25(37)17-22/h3-19,32H,2,20H2,1H3/b29-19-/t32-/m1/s1. The molecular formula is C35H25BrClFN2O4S. The number of hydrogen-bond acceptors (Lipinski definition) is 6. The number of carbonyl (C=O) groups excluding carboxylic acids is 1. The number of esters is 1. The number of thiazole rings is 1. The van der Waals surface area contributed by atoms with E-state index in [9.17, 15) is 14.0 Å². The molecule has 0 aliphatic carbocycles. The Labute approximate surface area is 275 Å². The van der Waals surface area contributed by atoms with E-state index in [0.29, 0.717) is 48.0 Å². The van der Waals surface area contributed by atoms with E-state index in [1.807, 2.05) is 72.8 Å². The predicted molar refractivity (Wildman–Crippen MR) is 177 cm³/mol. The molecule has 0 spiro atoms. The van der Waals surface area contributed by atoms with Crippen molar-refractivity contribution < 1.29 is 18.7 Å². The van der Waals surface area contributed by atoms with Crippen molar-refractivity contribution in [2.24, 2.45) is 4.99 Å². The molecule has 6 rings (SSSR count). The van der Waals surface area contributed by atoms with Gasteiger partial charge in [0.05, 0.1) is 32.9 Å². The smallest absolute Gasteiger partial charge is 0.338 e. The first-order valence-corrected chi connectivity index (χ1v) is 16.0. The van der Waals surface area contributed by atoms with Gasteiger partial charge in [-0.2, -0.15) is 0 Å². The molecule has 0 radical (unpaired) electrons. The van der Waals surface area contributed by atoms with E-state index < -0.39 is 17.8 Å². The van der Waals surface area contributed by atoms with Crippen LogP contribution in [0.5, 0.6) is 5.75 Å². The second kappa shape index (κ2) is 13.4. The fourth-order valence-corrected chi connectivity index (χ4v) is 6.79. The first kappa shape index (κ1) is 30.7. The number of carbonyl (C=O) groups is 1. The Balaban J connectivity index is 1.45. The molecule has 0 saturated heterocycles. The van der Waals surface area contributed by atoms with E-state index in [2.05, 4.69) is 15.9 Å². The number of aromatic nitrogens is 1. The topological polar surface area (TPSA) is 69.9 Å². The molecule has 1 atom stereocenters. The van der Waals surface area contributed by atoms with Crippen molar-refractivity contribution in [2.75, 3.05) is 6.61 Å². The van der Waals surface area contributed by atoms with E-state index in [4.69, 9.17) is 26.1 Å². The van der Waals surface area contributed by atoms with Crippen LogP contribution >= 0.6 is 38.9 Å². The van der Waals surface area contributed by atoms with Crippen LogP contribution in [0, 0.1) is 5.82 Å². The Kier molecular flexibility index (Phi) is 9.11. The lowest BCUT2D eigenvalue weighted by atomic mass is 9.93. The Bertz CT molecular complexity index is 2110. The number of ether oxygens (including phenoxy) is 2. The Hall–Kier alpha value is -4.31. The largest absolute Gasteiger partial charge is 0.488 e. The van der Waals surface area contributed by atoms with Gasteiger partial charge in [-0.3, -0.25) is 9.36 Å². The van der Waals surface area contributed by atoms with Crippen LogP contribution in [0.3, 0.4) is 0 Å². The minimum atomic E-state index is -0.882. The number of fused-ring (bicyclic) bond motifs is 1. The van der Waals surface area contributed by atoms with Crippen molar-refractivity contribution in [3.05, 3.63) is 160 Å². The molecule has 0 unspecified atom stereocenters. The van der Waals surface area contributed by atoms with Gasteiger partial charge in [-0.1, -0.05) is 83.6 Å². The highest BCUT2D eigenvalue weighted by Crippen LogP contribution is 2.35. The molecule has 10 heteroatoms.